The summed E-state index contributed by atoms with van der Waals surface area (Å²) < 4.78 is 1.70. The van der Waals surface area contributed by atoms with Crippen molar-refractivity contribution in [3.63, 3.8) is 0 Å². The minimum atomic E-state index is -0.0172. The van der Waals surface area contributed by atoms with E-state index in [0.717, 1.165) is 40.7 Å². The molecule has 0 atom stereocenters. The maximum absolute atomic E-state index is 13.7. The summed E-state index contributed by atoms with van der Waals surface area (Å²) in [4.78, 5) is 20.8. The van der Waals surface area contributed by atoms with E-state index in [0.29, 0.717) is 26.0 Å². The minimum Gasteiger partial charge on any atom is -0.268 e. The molecule has 0 aliphatic heterocycles. The number of aromatic nitrogens is 2. The average Bonchev–Trinajstić information content (AvgIpc) is 3.13. The highest BCUT2D eigenvalue weighted by molar-refractivity contribution is 7.98. The first-order valence-corrected chi connectivity index (χ1v) is 12.8. The van der Waals surface area contributed by atoms with Gasteiger partial charge in [-0.25, -0.2) is 4.98 Å². The monoisotopic (exact) mass is 506 g/mol. The van der Waals surface area contributed by atoms with E-state index < -0.39 is 0 Å². The molecule has 4 aromatic rings. The Balaban J connectivity index is 1.65. The smallest absolute Gasteiger partial charge is 0.267 e. The van der Waals surface area contributed by atoms with Gasteiger partial charge in [0.05, 0.1) is 11.1 Å². The van der Waals surface area contributed by atoms with E-state index in [1.807, 2.05) is 24.3 Å². The number of nitrogens with zero attached hydrogens (tertiary/aromatic N) is 2. The Morgan fingerprint density at radius 3 is 2.52 bits per heavy atom. The number of thioether (sulfide) groups is 1. The van der Waals surface area contributed by atoms with Crippen LogP contribution in [0.15, 0.2) is 52.4 Å². The van der Waals surface area contributed by atoms with E-state index in [1.165, 1.54) is 28.6 Å². The van der Waals surface area contributed by atoms with Crippen LogP contribution in [0.3, 0.4) is 0 Å². The van der Waals surface area contributed by atoms with Gasteiger partial charge in [-0.15, -0.1) is 11.3 Å². The zero-order valence-corrected chi connectivity index (χ0v) is 20.2. The van der Waals surface area contributed by atoms with Crippen LogP contribution in [-0.2, 0) is 18.6 Å². The molecule has 1 aliphatic carbocycles. The predicted molar refractivity (Wildman–Crippen MR) is 133 cm³/mol. The van der Waals surface area contributed by atoms with Gasteiger partial charge in [0.25, 0.3) is 5.56 Å². The van der Waals surface area contributed by atoms with Gasteiger partial charge in [-0.3, -0.25) is 9.36 Å². The number of hydrogen-bond donors (Lipinski definition) is 0. The van der Waals surface area contributed by atoms with Crippen molar-refractivity contribution in [2.24, 2.45) is 0 Å². The van der Waals surface area contributed by atoms with Crippen LogP contribution in [0, 0.1) is 0 Å². The van der Waals surface area contributed by atoms with Gasteiger partial charge >= 0.3 is 0 Å². The SMILES string of the molecule is O=c1c2c3c(sc2nc(SCc2ccc(Cl)cc2Cl)n1-c1ccc(Cl)cc1)CCCC3. The Morgan fingerprint density at radius 1 is 1.00 bits per heavy atom. The third-order valence-electron chi connectivity index (χ3n) is 5.41. The highest BCUT2D eigenvalue weighted by Gasteiger charge is 2.23. The van der Waals surface area contributed by atoms with Crippen LogP contribution in [0.4, 0.5) is 0 Å². The largest absolute Gasteiger partial charge is 0.268 e. The molecule has 158 valence electrons. The molecule has 0 N–H and O–H groups in total. The van der Waals surface area contributed by atoms with Gasteiger partial charge in [-0.05, 0) is 73.2 Å². The van der Waals surface area contributed by atoms with Crippen LogP contribution in [-0.4, -0.2) is 9.55 Å². The van der Waals surface area contributed by atoms with E-state index in [9.17, 15) is 4.79 Å². The Morgan fingerprint density at radius 2 is 1.74 bits per heavy atom. The van der Waals surface area contributed by atoms with Crippen LogP contribution < -0.4 is 5.56 Å². The van der Waals surface area contributed by atoms with E-state index in [2.05, 4.69) is 0 Å². The summed E-state index contributed by atoms with van der Waals surface area (Å²) in [6.07, 6.45) is 4.26. The summed E-state index contributed by atoms with van der Waals surface area (Å²) in [5, 5.41) is 3.24. The van der Waals surface area contributed by atoms with Crippen LogP contribution in [0.5, 0.6) is 0 Å². The predicted octanol–water partition coefficient (Wildman–Crippen LogP) is 7.58. The van der Waals surface area contributed by atoms with Crippen molar-refractivity contribution < 1.29 is 0 Å². The molecule has 0 amide bonds. The second-order valence-corrected chi connectivity index (χ2v) is 10.7. The third kappa shape index (κ3) is 4.14. The zero-order valence-electron chi connectivity index (χ0n) is 16.3. The van der Waals surface area contributed by atoms with Crippen molar-refractivity contribution >= 4 is 68.1 Å². The third-order valence-corrected chi connectivity index (χ3v) is 8.43. The van der Waals surface area contributed by atoms with Gasteiger partial charge in [0, 0.05) is 25.7 Å². The summed E-state index contributed by atoms with van der Waals surface area (Å²) in [6, 6.07) is 12.8. The van der Waals surface area contributed by atoms with Gasteiger partial charge in [0.1, 0.15) is 4.83 Å². The van der Waals surface area contributed by atoms with E-state index in [4.69, 9.17) is 39.8 Å². The fourth-order valence-corrected chi connectivity index (χ4v) is 6.88. The molecule has 2 aromatic heterocycles. The minimum absolute atomic E-state index is 0.0172. The molecule has 5 rings (SSSR count). The average molecular weight is 508 g/mol. The molecular formula is C23H17Cl3N2OS2. The number of rotatable bonds is 4. The van der Waals surface area contributed by atoms with Crippen molar-refractivity contribution in [1.82, 2.24) is 9.55 Å². The molecule has 0 fully saturated rings. The Hall–Kier alpha value is -1.50. The highest BCUT2D eigenvalue weighted by Crippen LogP contribution is 2.36. The molecule has 0 bridgehead atoms. The van der Waals surface area contributed by atoms with Crippen molar-refractivity contribution in [3.8, 4) is 5.69 Å². The molecule has 0 spiro atoms. The Bertz CT molecular complexity index is 1350. The first kappa shape index (κ1) is 21.4. The number of fused-ring (bicyclic) bond motifs is 3. The lowest BCUT2D eigenvalue weighted by molar-refractivity contribution is 0.699. The van der Waals surface area contributed by atoms with Crippen molar-refractivity contribution in [2.75, 3.05) is 0 Å². The quantitative estimate of drug-likeness (QED) is 0.211. The number of benzene rings is 2. The van der Waals surface area contributed by atoms with Crippen LogP contribution in [0.25, 0.3) is 15.9 Å². The van der Waals surface area contributed by atoms with Gasteiger partial charge in [-0.1, -0.05) is 52.6 Å². The summed E-state index contributed by atoms with van der Waals surface area (Å²) in [5.74, 6) is 0.576. The van der Waals surface area contributed by atoms with Crippen molar-refractivity contribution in [1.29, 1.82) is 0 Å². The topological polar surface area (TPSA) is 34.9 Å². The molecule has 0 saturated heterocycles. The highest BCUT2D eigenvalue weighted by atomic mass is 35.5. The van der Waals surface area contributed by atoms with Gasteiger partial charge < -0.3 is 0 Å². The molecule has 1 aliphatic rings. The zero-order chi connectivity index (χ0) is 21.5. The molecule has 31 heavy (non-hydrogen) atoms. The number of hydrogen-bond acceptors (Lipinski definition) is 4. The molecule has 2 aromatic carbocycles. The van der Waals surface area contributed by atoms with Crippen molar-refractivity contribution in [2.45, 2.75) is 36.6 Å². The molecule has 3 nitrogen and oxygen atoms in total. The second-order valence-electron chi connectivity index (χ2n) is 7.43. The molecule has 0 saturated carbocycles. The number of halogens is 3. The summed E-state index contributed by atoms with van der Waals surface area (Å²) >= 11 is 21.6. The maximum Gasteiger partial charge on any atom is 0.267 e. The Kier molecular flexibility index (Phi) is 6.06. The van der Waals surface area contributed by atoms with Crippen LogP contribution >= 0.6 is 57.9 Å². The molecular weight excluding hydrogens is 491 g/mol. The fraction of sp³-hybridized carbons (Fsp3) is 0.217. The van der Waals surface area contributed by atoms with E-state index >= 15 is 0 Å². The Labute approximate surface area is 203 Å². The van der Waals surface area contributed by atoms with E-state index in [1.54, 1.807) is 34.1 Å². The van der Waals surface area contributed by atoms with Gasteiger partial charge in [0.2, 0.25) is 0 Å². The fourth-order valence-electron chi connectivity index (χ4n) is 3.88. The molecule has 8 heteroatoms. The second kappa shape index (κ2) is 8.80. The van der Waals surface area contributed by atoms with Crippen LogP contribution in [0.2, 0.25) is 15.1 Å². The summed E-state index contributed by atoms with van der Waals surface area (Å²) in [5.41, 5.74) is 2.86. The van der Waals surface area contributed by atoms with Crippen molar-refractivity contribution in [3.05, 3.63) is 83.9 Å². The normalized spacial score (nSPS) is 13.5. The molecule has 2 heterocycles. The first-order chi connectivity index (χ1) is 15.0. The number of thiophene rings is 1. The molecule has 0 unspecified atom stereocenters. The lowest BCUT2D eigenvalue weighted by Crippen LogP contribution is -2.22. The maximum atomic E-state index is 13.7. The number of aryl methyl sites for hydroxylation is 2. The standard InChI is InChI=1S/C23H17Cl3N2OS2/c24-14-7-9-16(10-8-14)28-22(29)20-17-3-1-2-4-19(17)31-21(20)27-23(28)30-12-13-5-6-15(25)11-18(13)26/h5-11H,1-4,12H2. The lowest BCUT2D eigenvalue weighted by Gasteiger charge is -2.14. The van der Waals surface area contributed by atoms with Gasteiger partial charge in [-0.2, -0.15) is 0 Å². The van der Waals surface area contributed by atoms with Gasteiger partial charge in [0.15, 0.2) is 5.16 Å². The van der Waals surface area contributed by atoms with E-state index in [-0.39, 0.29) is 5.56 Å². The summed E-state index contributed by atoms with van der Waals surface area (Å²) in [6.45, 7) is 0. The molecule has 0 radical (unpaired) electrons. The summed E-state index contributed by atoms with van der Waals surface area (Å²) in [7, 11) is 0. The lowest BCUT2D eigenvalue weighted by atomic mass is 9.97. The first-order valence-electron chi connectivity index (χ1n) is 9.91. The van der Waals surface area contributed by atoms with Crippen LogP contribution in [0.1, 0.15) is 28.8 Å².